The van der Waals surface area contributed by atoms with E-state index in [1.54, 1.807) is 6.07 Å². The summed E-state index contributed by atoms with van der Waals surface area (Å²) in [7, 11) is 0. The van der Waals surface area contributed by atoms with E-state index in [2.05, 4.69) is 35.6 Å². The predicted molar refractivity (Wildman–Crippen MR) is 93.3 cm³/mol. The molecule has 1 aromatic heterocycles. The Balaban J connectivity index is 1.70. The zero-order chi connectivity index (χ0) is 16.4. The van der Waals surface area contributed by atoms with E-state index < -0.39 is 0 Å². The third kappa shape index (κ3) is 3.55. The second-order valence-electron chi connectivity index (χ2n) is 6.98. The van der Waals surface area contributed by atoms with Crippen molar-refractivity contribution in [2.75, 3.05) is 36.0 Å². The summed E-state index contributed by atoms with van der Waals surface area (Å²) in [5.74, 6) is 2.20. The molecule has 1 aromatic carbocycles. The van der Waals surface area contributed by atoms with Crippen molar-refractivity contribution < 1.29 is 5.11 Å². The van der Waals surface area contributed by atoms with Gasteiger partial charge in [0.2, 0.25) is 0 Å². The Labute approximate surface area is 137 Å². The van der Waals surface area contributed by atoms with E-state index in [-0.39, 0.29) is 5.41 Å². The zero-order valence-electron chi connectivity index (χ0n) is 14.0. The maximum atomic E-state index is 9.63. The molecule has 122 valence electrons. The van der Waals surface area contributed by atoms with Crippen molar-refractivity contribution in [3.05, 3.63) is 42.4 Å². The highest BCUT2D eigenvalue weighted by Gasteiger charge is 2.22. The molecule has 1 saturated heterocycles. The van der Waals surface area contributed by atoms with E-state index in [1.165, 1.54) is 0 Å². The number of piperazine rings is 1. The highest BCUT2D eigenvalue weighted by atomic mass is 16.3. The first-order valence-corrected chi connectivity index (χ1v) is 8.06. The summed E-state index contributed by atoms with van der Waals surface area (Å²) in [4.78, 5) is 13.7. The van der Waals surface area contributed by atoms with E-state index in [9.17, 15) is 5.11 Å². The summed E-state index contributed by atoms with van der Waals surface area (Å²) in [5.41, 5.74) is 1.03. The minimum Gasteiger partial charge on any atom is -0.508 e. The van der Waals surface area contributed by atoms with Gasteiger partial charge in [-0.05, 0) is 18.2 Å². The molecule has 0 bridgehead atoms. The lowest BCUT2D eigenvalue weighted by Crippen LogP contribution is -2.47. The zero-order valence-corrected chi connectivity index (χ0v) is 14.0. The van der Waals surface area contributed by atoms with Crippen LogP contribution in [0, 0.1) is 0 Å². The molecule has 0 atom stereocenters. The van der Waals surface area contributed by atoms with Crippen molar-refractivity contribution in [2.45, 2.75) is 26.2 Å². The van der Waals surface area contributed by atoms with Crippen molar-refractivity contribution in [2.24, 2.45) is 0 Å². The third-order valence-corrected chi connectivity index (χ3v) is 4.11. The molecule has 23 heavy (non-hydrogen) atoms. The fraction of sp³-hybridized carbons (Fsp3) is 0.444. The van der Waals surface area contributed by atoms with Gasteiger partial charge in [-0.15, -0.1) is 0 Å². The summed E-state index contributed by atoms with van der Waals surface area (Å²) in [6, 6.07) is 9.43. The number of hydrogen-bond acceptors (Lipinski definition) is 5. The molecule has 0 aliphatic carbocycles. The molecular weight excluding hydrogens is 288 g/mol. The van der Waals surface area contributed by atoms with Gasteiger partial charge in [0.25, 0.3) is 0 Å². The van der Waals surface area contributed by atoms with Gasteiger partial charge in [0, 0.05) is 49.5 Å². The molecule has 1 fully saturated rings. The fourth-order valence-corrected chi connectivity index (χ4v) is 2.77. The first-order valence-electron chi connectivity index (χ1n) is 8.06. The molecule has 3 rings (SSSR count). The Hall–Kier alpha value is -2.30. The van der Waals surface area contributed by atoms with Gasteiger partial charge >= 0.3 is 0 Å². The van der Waals surface area contributed by atoms with Crippen molar-refractivity contribution >= 4 is 11.5 Å². The molecule has 1 aliphatic rings. The standard InChI is InChI=1S/C18H24N4O/c1-18(2,3)17-19-8-7-16(20-17)22-11-9-21(10-12-22)14-5-4-6-15(23)13-14/h4-8,13,23H,9-12H2,1-3H3. The lowest BCUT2D eigenvalue weighted by atomic mass is 9.96. The van der Waals surface area contributed by atoms with E-state index in [4.69, 9.17) is 4.98 Å². The lowest BCUT2D eigenvalue weighted by Gasteiger charge is -2.37. The van der Waals surface area contributed by atoms with Crippen LogP contribution in [0.5, 0.6) is 5.75 Å². The molecule has 5 nitrogen and oxygen atoms in total. The molecule has 1 N–H and O–H groups in total. The molecule has 2 heterocycles. The SMILES string of the molecule is CC(C)(C)c1nccc(N2CCN(c3cccc(O)c3)CC2)n1. The van der Waals surface area contributed by atoms with Crippen LogP contribution in [-0.4, -0.2) is 41.3 Å². The Kier molecular flexibility index (Phi) is 4.11. The van der Waals surface area contributed by atoms with Crippen molar-refractivity contribution in [3.8, 4) is 5.75 Å². The third-order valence-electron chi connectivity index (χ3n) is 4.11. The number of anilines is 2. The van der Waals surface area contributed by atoms with Gasteiger partial charge in [-0.3, -0.25) is 0 Å². The second kappa shape index (κ2) is 6.07. The molecular formula is C18H24N4O. The molecule has 0 saturated carbocycles. The van der Waals surface area contributed by atoms with Gasteiger partial charge in [-0.25, -0.2) is 9.97 Å². The monoisotopic (exact) mass is 312 g/mol. The average molecular weight is 312 g/mol. The van der Waals surface area contributed by atoms with Crippen molar-refractivity contribution in [1.82, 2.24) is 9.97 Å². The van der Waals surface area contributed by atoms with Crippen molar-refractivity contribution in [3.63, 3.8) is 0 Å². The van der Waals surface area contributed by atoms with Gasteiger partial charge in [-0.2, -0.15) is 0 Å². The topological polar surface area (TPSA) is 52.5 Å². The summed E-state index contributed by atoms with van der Waals surface area (Å²) < 4.78 is 0. The minimum atomic E-state index is -0.0423. The van der Waals surface area contributed by atoms with Crippen LogP contribution in [0.3, 0.4) is 0 Å². The van der Waals surface area contributed by atoms with Crippen molar-refractivity contribution in [1.29, 1.82) is 0 Å². The summed E-state index contributed by atoms with van der Waals surface area (Å²) in [6.45, 7) is 10.0. The summed E-state index contributed by atoms with van der Waals surface area (Å²) in [6.07, 6.45) is 1.85. The number of hydrogen-bond donors (Lipinski definition) is 1. The fourth-order valence-electron chi connectivity index (χ4n) is 2.77. The summed E-state index contributed by atoms with van der Waals surface area (Å²) in [5, 5.41) is 9.63. The number of phenols is 1. The summed E-state index contributed by atoms with van der Waals surface area (Å²) >= 11 is 0. The van der Waals surface area contributed by atoms with Gasteiger partial charge in [0.05, 0.1) is 0 Å². The van der Waals surface area contributed by atoms with Gasteiger partial charge in [0.15, 0.2) is 0 Å². The Morgan fingerprint density at radius 3 is 2.35 bits per heavy atom. The Bertz CT molecular complexity index is 673. The van der Waals surface area contributed by atoms with E-state index in [0.717, 1.165) is 43.5 Å². The Morgan fingerprint density at radius 2 is 1.70 bits per heavy atom. The largest absolute Gasteiger partial charge is 0.508 e. The van der Waals surface area contributed by atoms with Crippen LogP contribution in [0.25, 0.3) is 0 Å². The molecule has 2 aromatic rings. The normalized spacial score (nSPS) is 15.8. The molecule has 0 unspecified atom stereocenters. The molecule has 0 radical (unpaired) electrons. The lowest BCUT2D eigenvalue weighted by molar-refractivity contribution is 0.475. The first kappa shape index (κ1) is 15.6. The van der Waals surface area contributed by atoms with Gasteiger partial charge in [0.1, 0.15) is 17.4 Å². The number of benzene rings is 1. The smallest absolute Gasteiger partial charge is 0.135 e. The van der Waals surface area contributed by atoms with Crippen LogP contribution in [-0.2, 0) is 5.41 Å². The molecule has 0 spiro atoms. The molecule has 0 amide bonds. The van der Waals surface area contributed by atoms with Crippen LogP contribution < -0.4 is 9.80 Å². The minimum absolute atomic E-state index is 0.0423. The Morgan fingerprint density at radius 1 is 1.00 bits per heavy atom. The number of aromatic hydroxyl groups is 1. The maximum Gasteiger partial charge on any atom is 0.135 e. The number of aromatic nitrogens is 2. The highest BCUT2D eigenvalue weighted by Crippen LogP contribution is 2.24. The molecule has 5 heteroatoms. The first-order chi connectivity index (χ1) is 10.9. The highest BCUT2D eigenvalue weighted by molar-refractivity contribution is 5.52. The van der Waals surface area contributed by atoms with E-state index >= 15 is 0 Å². The average Bonchev–Trinajstić information content (AvgIpc) is 2.54. The van der Waals surface area contributed by atoms with E-state index in [0.29, 0.717) is 5.75 Å². The maximum absolute atomic E-state index is 9.63. The van der Waals surface area contributed by atoms with Crippen LogP contribution in [0.15, 0.2) is 36.5 Å². The van der Waals surface area contributed by atoms with Crippen LogP contribution in [0.2, 0.25) is 0 Å². The quantitative estimate of drug-likeness (QED) is 0.924. The number of phenolic OH excluding ortho intramolecular Hbond substituents is 1. The van der Waals surface area contributed by atoms with Crippen LogP contribution in [0.4, 0.5) is 11.5 Å². The van der Waals surface area contributed by atoms with E-state index in [1.807, 2.05) is 30.5 Å². The number of nitrogens with zero attached hydrogens (tertiary/aromatic N) is 4. The second-order valence-corrected chi connectivity index (χ2v) is 6.98. The molecule has 1 aliphatic heterocycles. The predicted octanol–water partition coefficient (Wildman–Crippen LogP) is 2.81. The van der Waals surface area contributed by atoms with Gasteiger partial charge in [-0.1, -0.05) is 26.8 Å². The van der Waals surface area contributed by atoms with Crippen LogP contribution >= 0.6 is 0 Å². The number of rotatable bonds is 2. The van der Waals surface area contributed by atoms with Crippen LogP contribution in [0.1, 0.15) is 26.6 Å². The van der Waals surface area contributed by atoms with Gasteiger partial charge < -0.3 is 14.9 Å².